The maximum Gasteiger partial charge on any atom is 0.213 e. The van der Waals surface area contributed by atoms with Gasteiger partial charge in [0.2, 0.25) is 5.88 Å². The van der Waals surface area contributed by atoms with Gasteiger partial charge in [-0.15, -0.1) is 0 Å². The van der Waals surface area contributed by atoms with Crippen LogP contribution in [0.2, 0.25) is 0 Å². The molecule has 1 heterocycles. The van der Waals surface area contributed by atoms with Crippen LogP contribution >= 0.6 is 0 Å². The summed E-state index contributed by atoms with van der Waals surface area (Å²) in [5.74, 6) is 0.638. The van der Waals surface area contributed by atoms with Crippen molar-refractivity contribution in [1.82, 2.24) is 9.88 Å². The van der Waals surface area contributed by atoms with E-state index in [4.69, 9.17) is 10.5 Å². The van der Waals surface area contributed by atoms with Crippen LogP contribution in [0.1, 0.15) is 5.69 Å². The molecule has 1 aromatic rings. The Balaban J connectivity index is 2.47. The molecule has 0 fully saturated rings. The van der Waals surface area contributed by atoms with E-state index >= 15 is 0 Å². The minimum Gasteiger partial charge on any atom is -0.476 e. The normalized spacial score (nSPS) is 10.6. The number of nitrogen functional groups attached to an aromatic ring is 1. The number of rotatable bonds is 4. The number of aryl methyl sites for hydroxylation is 1. The summed E-state index contributed by atoms with van der Waals surface area (Å²) in [4.78, 5) is 6.26. The van der Waals surface area contributed by atoms with Gasteiger partial charge in [0, 0.05) is 12.6 Å². The van der Waals surface area contributed by atoms with Gasteiger partial charge in [0.05, 0.1) is 11.4 Å². The second kappa shape index (κ2) is 4.81. The van der Waals surface area contributed by atoms with Gasteiger partial charge in [0.25, 0.3) is 0 Å². The minimum absolute atomic E-state index is 0.638. The number of nitrogens with zero attached hydrogens (tertiary/aromatic N) is 2. The molecule has 4 heteroatoms. The molecule has 4 nitrogen and oxygen atoms in total. The highest BCUT2D eigenvalue weighted by Crippen LogP contribution is 2.13. The highest BCUT2D eigenvalue weighted by molar-refractivity contribution is 5.43. The van der Waals surface area contributed by atoms with Crippen molar-refractivity contribution in [3.63, 3.8) is 0 Å². The molecule has 0 amide bonds. The zero-order valence-corrected chi connectivity index (χ0v) is 8.95. The summed E-state index contributed by atoms with van der Waals surface area (Å²) in [6.45, 7) is 3.39. The molecular weight excluding hydrogens is 178 g/mol. The summed E-state index contributed by atoms with van der Waals surface area (Å²) in [5.41, 5.74) is 7.15. The maximum atomic E-state index is 5.64. The van der Waals surface area contributed by atoms with Crippen molar-refractivity contribution >= 4 is 5.69 Å². The number of nitrogens with two attached hydrogens (primary N) is 1. The summed E-state index contributed by atoms with van der Waals surface area (Å²) < 4.78 is 5.44. The monoisotopic (exact) mass is 195 g/mol. The van der Waals surface area contributed by atoms with Crippen LogP contribution in [0.4, 0.5) is 5.69 Å². The topological polar surface area (TPSA) is 51.4 Å². The van der Waals surface area contributed by atoms with E-state index in [0.29, 0.717) is 18.2 Å². The summed E-state index contributed by atoms with van der Waals surface area (Å²) in [6.07, 6.45) is 0. The fourth-order valence-electron chi connectivity index (χ4n) is 0.962. The zero-order valence-electron chi connectivity index (χ0n) is 8.95. The molecule has 0 bridgehead atoms. The van der Waals surface area contributed by atoms with E-state index in [1.807, 2.05) is 27.1 Å². The Bertz CT molecular complexity index is 299. The third-order valence-electron chi connectivity index (χ3n) is 1.89. The second-order valence-electron chi connectivity index (χ2n) is 3.48. The lowest BCUT2D eigenvalue weighted by atomic mass is 10.3. The van der Waals surface area contributed by atoms with Crippen LogP contribution in [0.25, 0.3) is 0 Å². The van der Waals surface area contributed by atoms with Crippen molar-refractivity contribution in [2.75, 3.05) is 33.0 Å². The zero-order chi connectivity index (χ0) is 10.6. The number of ether oxygens (including phenoxy) is 1. The molecule has 0 spiro atoms. The van der Waals surface area contributed by atoms with E-state index in [2.05, 4.69) is 9.88 Å². The number of aromatic nitrogens is 1. The molecule has 0 aromatic carbocycles. The number of likely N-dealkylation sites (N-methyl/N-ethyl adjacent to an activating group) is 1. The third-order valence-corrected chi connectivity index (χ3v) is 1.89. The van der Waals surface area contributed by atoms with E-state index in [0.717, 1.165) is 12.2 Å². The predicted molar refractivity (Wildman–Crippen MR) is 57.4 cm³/mol. The summed E-state index contributed by atoms with van der Waals surface area (Å²) >= 11 is 0. The number of hydrogen-bond donors (Lipinski definition) is 1. The van der Waals surface area contributed by atoms with Crippen molar-refractivity contribution in [1.29, 1.82) is 0 Å². The van der Waals surface area contributed by atoms with Gasteiger partial charge in [-0.1, -0.05) is 0 Å². The summed E-state index contributed by atoms with van der Waals surface area (Å²) in [6, 6.07) is 3.60. The number of hydrogen-bond acceptors (Lipinski definition) is 4. The summed E-state index contributed by atoms with van der Waals surface area (Å²) in [7, 11) is 4.01. The largest absolute Gasteiger partial charge is 0.476 e. The molecule has 0 saturated carbocycles. The van der Waals surface area contributed by atoms with Crippen LogP contribution in [0, 0.1) is 6.92 Å². The molecule has 78 valence electrons. The average Bonchev–Trinajstić information content (AvgIpc) is 2.10. The first-order chi connectivity index (χ1) is 6.59. The van der Waals surface area contributed by atoms with E-state index in [-0.39, 0.29) is 0 Å². The molecule has 0 aliphatic carbocycles. The maximum absolute atomic E-state index is 5.64. The highest BCUT2D eigenvalue weighted by atomic mass is 16.5. The fraction of sp³-hybridized carbons (Fsp3) is 0.500. The lowest BCUT2D eigenvalue weighted by Gasteiger charge is -2.10. The predicted octanol–water partition coefficient (Wildman–Crippen LogP) is 0.913. The van der Waals surface area contributed by atoms with E-state index in [1.165, 1.54) is 0 Å². The Morgan fingerprint density at radius 2 is 2.14 bits per heavy atom. The molecule has 1 aromatic heterocycles. The first-order valence-electron chi connectivity index (χ1n) is 4.60. The Morgan fingerprint density at radius 1 is 1.43 bits per heavy atom. The third kappa shape index (κ3) is 3.22. The average molecular weight is 195 g/mol. The molecular formula is C10H17N3O. The van der Waals surface area contributed by atoms with Crippen molar-refractivity contribution < 1.29 is 4.74 Å². The van der Waals surface area contributed by atoms with Crippen LogP contribution < -0.4 is 10.5 Å². The Kier molecular flexibility index (Phi) is 3.71. The van der Waals surface area contributed by atoms with Crippen molar-refractivity contribution in [3.8, 4) is 5.88 Å². The molecule has 1 rings (SSSR count). The standard InChI is InChI=1S/C10H17N3O/c1-8-9(11)4-5-10(12-8)14-7-6-13(2)3/h4-5H,6-7,11H2,1-3H3. The molecule has 0 unspecified atom stereocenters. The lowest BCUT2D eigenvalue weighted by Crippen LogP contribution is -2.19. The smallest absolute Gasteiger partial charge is 0.213 e. The van der Waals surface area contributed by atoms with Gasteiger partial charge in [0.1, 0.15) is 6.61 Å². The Labute approximate surface area is 84.7 Å². The van der Waals surface area contributed by atoms with E-state index in [1.54, 1.807) is 6.07 Å². The van der Waals surface area contributed by atoms with Gasteiger partial charge in [-0.3, -0.25) is 0 Å². The van der Waals surface area contributed by atoms with Crippen LogP contribution in [-0.4, -0.2) is 37.1 Å². The molecule has 0 atom stereocenters. The molecule has 0 aliphatic rings. The lowest BCUT2D eigenvalue weighted by molar-refractivity contribution is 0.253. The highest BCUT2D eigenvalue weighted by Gasteiger charge is 1.99. The number of anilines is 1. The Hall–Kier alpha value is -1.29. The van der Waals surface area contributed by atoms with Gasteiger partial charge >= 0.3 is 0 Å². The van der Waals surface area contributed by atoms with E-state index in [9.17, 15) is 0 Å². The van der Waals surface area contributed by atoms with Gasteiger partial charge in [0.15, 0.2) is 0 Å². The van der Waals surface area contributed by atoms with Crippen molar-refractivity contribution in [2.45, 2.75) is 6.92 Å². The van der Waals surface area contributed by atoms with Crippen molar-refractivity contribution in [2.24, 2.45) is 0 Å². The molecule has 0 saturated heterocycles. The number of pyridine rings is 1. The molecule has 0 radical (unpaired) electrons. The Morgan fingerprint density at radius 3 is 2.71 bits per heavy atom. The first-order valence-corrected chi connectivity index (χ1v) is 4.60. The molecule has 0 aliphatic heterocycles. The van der Waals surface area contributed by atoms with Crippen LogP contribution in [0.15, 0.2) is 12.1 Å². The van der Waals surface area contributed by atoms with Gasteiger partial charge in [-0.05, 0) is 27.1 Å². The van der Waals surface area contributed by atoms with Crippen LogP contribution in [0.3, 0.4) is 0 Å². The van der Waals surface area contributed by atoms with Gasteiger partial charge < -0.3 is 15.4 Å². The first kappa shape index (κ1) is 10.8. The SMILES string of the molecule is Cc1nc(OCCN(C)C)ccc1N. The molecule has 14 heavy (non-hydrogen) atoms. The fourth-order valence-corrected chi connectivity index (χ4v) is 0.962. The quantitative estimate of drug-likeness (QED) is 0.776. The van der Waals surface area contributed by atoms with Crippen LogP contribution in [-0.2, 0) is 0 Å². The molecule has 2 N–H and O–H groups in total. The van der Waals surface area contributed by atoms with Gasteiger partial charge in [-0.25, -0.2) is 4.98 Å². The van der Waals surface area contributed by atoms with Crippen LogP contribution in [0.5, 0.6) is 5.88 Å². The van der Waals surface area contributed by atoms with E-state index < -0.39 is 0 Å². The van der Waals surface area contributed by atoms with Gasteiger partial charge in [-0.2, -0.15) is 0 Å². The summed E-state index contributed by atoms with van der Waals surface area (Å²) in [5, 5.41) is 0. The minimum atomic E-state index is 0.638. The van der Waals surface area contributed by atoms with Crippen molar-refractivity contribution in [3.05, 3.63) is 17.8 Å². The second-order valence-corrected chi connectivity index (χ2v) is 3.48.